The highest BCUT2D eigenvalue weighted by Gasteiger charge is 2.15. The molecule has 1 N–H and O–H groups in total. The van der Waals surface area contributed by atoms with Gasteiger partial charge >= 0.3 is 0 Å². The largest absolute Gasteiger partial charge is 0.409 e. The average molecular weight is 230 g/mol. The molecule has 2 aromatic rings. The molecule has 80 valence electrons. The Morgan fingerprint density at radius 2 is 2.06 bits per heavy atom. The first-order valence-corrected chi connectivity index (χ1v) is 5.78. The van der Waals surface area contributed by atoms with Crippen LogP contribution in [0, 0.1) is 0 Å². The van der Waals surface area contributed by atoms with Crippen LogP contribution in [0.4, 0.5) is 0 Å². The smallest absolute Gasteiger partial charge is 0.151 e. The van der Waals surface area contributed by atoms with Gasteiger partial charge in [-0.3, -0.25) is 4.98 Å². The van der Waals surface area contributed by atoms with E-state index in [1.165, 1.54) is 17.8 Å². The number of hydrogen-bond donors (Lipinski definition) is 1. The van der Waals surface area contributed by atoms with Gasteiger partial charge in [0.15, 0.2) is 5.75 Å². The number of para-hydroxylation sites is 1. The summed E-state index contributed by atoms with van der Waals surface area (Å²) in [6.45, 7) is 0.832. The van der Waals surface area contributed by atoms with Gasteiger partial charge < -0.3 is 4.18 Å². The Morgan fingerprint density at radius 1 is 1.19 bits per heavy atom. The summed E-state index contributed by atoms with van der Waals surface area (Å²) in [6, 6.07) is 10.2. The van der Waals surface area contributed by atoms with Crippen molar-refractivity contribution in [3.05, 3.63) is 48.3 Å². The Hall–Kier alpha value is -1.52. The highest BCUT2D eigenvalue weighted by atomic mass is 32.2. The lowest BCUT2D eigenvalue weighted by Gasteiger charge is -2.19. The molecule has 16 heavy (non-hydrogen) atoms. The summed E-state index contributed by atoms with van der Waals surface area (Å²) in [4.78, 5) is 4.02. The van der Waals surface area contributed by atoms with Gasteiger partial charge in [-0.1, -0.05) is 18.2 Å². The maximum atomic E-state index is 5.59. The molecule has 0 unspecified atom stereocenters. The third-order valence-corrected chi connectivity index (χ3v) is 3.05. The van der Waals surface area contributed by atoms with Crippen molar-refractivity contribution < 1.29 is 4.18 Å². The number of benzene rings is 1. The second-order valence-electron chi connectivity index (χ2n) is 3.52. The molecule has 2 heterocycles. The van der Waals surface area contributed by atoms with Crippen LogP contribution in [-0.2, 0) is 6.54 Å². The van der Waals surface area contributed by atoms with Crippen LogP contribution in [0.3, 0.4) is 0 Å². The molecular formula is C12H10N2OS. The molecule has 3 rings (SSSR count). The van der Waals surface area contributed by atoms with Gasteiger partial charge in [0, 0.05) is 30.1 Å². The van der Waals surface area contributed by atoms with Crippen molar-refractivity contribution in [2.75, 3.05) is 0 Å². The SMILES string of the molecule is c1cc2c(c(-c3ccncc3)c1)OSNC2. The highest BCUT2D eigenvalue weighted by molar-refractivity contribution is 7.93. The van der Waals surface area contributed by atoms with E-state index in [0.29, 0.717) is 0 Å². The number of hydrogen-bond acceptors (Lipinski definition) is 4. The van der Waals surface area contributed by atoms with E-state index in [4.69, 9.17) is 4.18 Å². The predicted molar refractivity (Wildman–Crippen MR) is 64.7 cm³/mol. The normalized spacial score (nSPS) is 14.0. The molecule has 0 saturated heterocycles. The summed E-state index contributed by atoms with van der Waals surface area (Å²) >= 11 is 1.28. The molecule has 3 nitrogen and oxygen atoms in total. The van der Waals surface area contributed by atoms with Crippen molar-refractivity contribution in [3.8, 4) is 16.9 Å². The summed E-state index contributed by atoms with van der Waals surface area (Å²) in [5, 5.41) is 0. The molecule has 4 heteroatoms. The van der Waals surface area contributed by atoms with Gasteiger partial charge in [0.25, 0.3) is 0 Å². The number of pyridine rings is 1. The van der Waals surface area contributed by atoms with Crippen LogP contribution in [0.5, 0.6) is 5.75 Å². The van der Waals surface area contributed by atoms with Gasteiger partial charge in [-0.05, 0) is 17.7 Å². The van der Waals surface area contributed by atoms with Crippen LogP contribution in [0.15, 0.2) is 42.7 Å². The zero-order valence-corrected chi connectivity index (χ0v) is 9.33. The zero-order valence-electron chi connectivity index (χ0n) is 8.51. The number of rotatable bonds is 1. The molecule has 1 aliphatic heterocycles. The minimum atomic E-state index is 0.832. The van der Waals surface area contributed by atoms with Crippen molar-refractivity contribution in [3.63, 3.8) is 0 Å². The molecule has 1 aromatic carbocycles. The molecule has 0 spiro atoms. The van der Waals surface area contributed by atoms with Crippen molar-refractivity contribution >= 4 is 12.2 Å². The second kappa shape index (κ2) is 4.15. The predicted octanol–water partition coefficient (Wildman–Crippen LogP) is 2.79. The van der Waals surface area contributed by atoms with Crippen LogP contribution in [0.25, 0.3) is 11.1 Å². The van der Waals surface area contributed by atoms with Gasteiger partial charge in [0.05, 0.1) is 0 Å². The van der Waals surface area contributed by atoms with Gasteiger partial charge in [0.1, 0.15) is 12.2 Å². The number of nitrogens with one attached hydrogen (secondary N) is 1. The minimum Gasteiger partial charge on any atom is -0.409 e. The first kappa shape index (κ1) is 9.69. The molecule has 0 fully saturated rings. The number of nitrogens with zero attached hydrogens (tertiary/aromatic N) is 1. The molecule has 0 atom stereocenters. The van der Waals surface area contributed by atoms with Gasteiger partial charge in [0.2, 0.25) is 0 Å². The van der Waals surface area contributed by atoms with Gasteiger partial charge in [-0.25, -0.2) is 4.72 Å². The fourth-order valence-corrected chi connectivity index (χ4v) is 2.31. The second-order valence-corrected chi connectivity index (χ2v) is 4.14. The fraction of sp³-hybridized carbons (Fsp3) is 0.0833. The van der Waals surface area contributed by atoms with E-state index in [1.807, 2.05) is 12.1 Å². The van der Waals surface area contributed by atoms with Crippen molar-refractivity contribution in [2.45, 2.75) is 6.54 Å². The number of fused-ring (bicyclic) bond motifs is 1. The molecule has 0 bridgehead atoms. The van der Waals surface area contributed by atoms with Crippen LogP contribution >= 0.6 is 12.2 Å². The molecule has 0 aliphatic carbocycles. The summed E-state index contributed by atoms with van der Waals surface area (Å²) in [5.41, 5.74) is 3.44. The Labute approximate surface area is 98.2 Å². The van der Waals surface area contributed by atoms with E-state index in [-0.39, 0.29) is 0 Å². The fourth-order valence-electron chi connectivity index (χ4n) is 1.76. The third kappa shape index (κ3) is 1.66. The quantitative estimate of drug-likeness (QED) is 0.603. The van der Waals surface area contributed by atoms with E-state index in [2.05, 4.69) is 27.9 Å². The lowest BCUT2D eigenvalue weighted by molar-refractivity contribution is 0.602. The van der Waals surface area contributed by atoms with E-state index in [1.54, 1.807) is 12.4 Å². The van der Waals surface area contributed by atoms with E-state index < -0.39 is 0 Å². The van der Waals surface area contributed by atoms with Crippen LogP contribution < -0.4 is 8.91 Å². The van der Waals surface area contributed by atoms with Crippen LogP contribution in [-0.4, -0.2) is 4.98 Å². The molecule has 1 aromatic heterocycles. The lowest BCUT2D eigenvalue weighted by Crippen LogP contribution is -2.12. The molecule has 1 aliphatic rings. The molecule has 0 amide bonds. The van der Waals surface area contributed by atoms with Crippen LogP contribution in [0.1, 0.15) is 5.56 Å². The van der Waals surface area contributed by atoms with E-state index >= 15 is 0 Å². The maximum Gasteiger partial charge on any atom is 0.151 e. The number of aromatic nitrogens is 1. The first-order chi connectivity index (χ1) is 7.95. The standard InChI is InChI=1S/C12H10N2OS/c1-2-10-8-14-16-15-12(10)11(3-1)9-4-6-13-7-5-9/h1-7,14H,8H2. The molecule has 0 saturated carbocycles. The maximum absolute atomic E-state index is 5.59. The Balaban J connectivity index is 2.14. The van der Waals surface area contributed by atoms with Crippen LogP contribution in [0.2, 0.25) is 0 Å². The zero-order chi connectivity index (χ0) is 10.8. The Bertz CT molecular complexity index is 502. The monoisotopic (exact) mass is 230 g/mol. The topological polar surface area (TPSA) is 34.1 Å². The summed E-state index contributed by atoms with van der Waals surface area (Å²) in [6.07, 6.45) is 3.59. The molecular weight excluding hydrogens is 220 g/mol. The summed E-state index contributed by atoms with van der Waals surface area (Å²) in [7, 11) is 0. The average Bonchev–Trinajstić information content (AvgIpc) is 2.39. The Morgan fingerprint density at radius 3 is 2.94 bits per heavy atom. The van der Waals surface area contributed by atoms with E-state index in [0.717, 1.165) is 23.4 Å². The summed E-state index contributed by atoms with van der Waals surface area (Å²) < 4.78 is 8.70. The summed E-state index contributed by atoms with van der Waals surface area (Å²) in [5.74, 6) is 0.956. The lowest BCUT2D eigenvalue weighted by atomic mass is 10.0. The van der Waals surface area contributed by atoms with Gasteiger partial charge in [-0.2, -0.15) is 0 Å². The van der Waals surface area contributed by atoms with E-state index in [9.17, 15) is 0 Å². The highest BCUT2D eigenvalue weighted by Crippen LogP contribution is 2.36. The molecule has 0 radical (unpaired) electrons. The third-order valence-electron chi connectivity index (χ3n) is 2.53. The van der Waals surface area contributed by atoms with Crippen molar-refractivity contribution in [1.29, 1.82) is 0 Å². The van der Waals surface area contributed by atoms with Crippen molar-refractivity contribution in [2.24, 2.45) is 0 Å². The Kier molecular flexibility index (Phi) is 2.52. The minimum absolute atomic E-state index is 0.832. The van der Waals surface area contributed by atoms with Crippen molar-refractivity contribution in [1.82, 2.24) is 9.71 Å². The first-order valence-electron chi connectivity index (χ1n) is 5.04. The van der Waals surface area contributed by atoms with Gasteiger partial charge in [-0.15, -0.1) is 0 Å².